The lowest BCUT2D eigenvalue weighted by Crippen LogP contribution is -2.30. The molecular weight excluding hydrogens is 342 g/mol. The molecule has 1 aromatic heterocycles. The molecule has 4 nitrogen and oxygen atoms in total. The van der Waals surface area contributed by atoms with Crippen LogP contribution < -0.4 is 5.32 Å². The van der Waals surface area contributed by atoms with Crippen LogP contribution in [0.5, 0.6) is 0 Å². The third-order valence-corrected chi connectivity index (χ3v) is 4.98. The highest BCUT2D eigenvalue weighted by Crippen LogP contribution is 2.25. The van der Waals surface area contributed by atoms with Crippen molar-refractivity contribution in [3.8, 4) is 6.07 Å². The number of carbonyl (C=O) groups is 1. The summed E-state index contributed by atoms with van der Waals surface area (Å²) in [5.41, 5.74) is 3.41. The van der Waals surface area contributed by atoms with E-state index in [1.807, 2.05) is 50.2 Å². The van der Waals surface area contributed by atoms with E-state index in [0.29, 0.717) is 16.5 Å². The van der Waals surface area contributed by atoms with Crippen LogP contribution in [0.4, 0.5) is 0 Å². The number of pyridine rings is 1. The van der Waals surface area contributed by atoms with Gasteiger partial charge in [-0.15, -0.1) is 0 Å². The normalized spacial score (nSPS) is 11.8. The van der Waals surface area contributed by atoms with Gasteiger partial charge in [0.2, 0.25) is 5.91 Å². The number of thioether (sulfide) groups is 1. The van der Waals surface area contributed by atoms with Crippen molar-refractivity contribution in [3.05, 3.63) is 58.8 Å². The first-order chi connectivity index (χ1) is 12.4. The first kappa shape index (κ1) is 20.0. The summed E-state index contributed by atoms with van der Waals surface area (Å²) in [6, 6.07) is 14.1. The fourth-order valence-corrected chi connectivity index (χ4v) is 3.76. The molecule has 1 aromatic carbocycles. The summed E-state index contributed by atoms with van der Waals surface area (Å²) in [4.78, 5) is 16.9. The van der Waals surface area contributed by atoms with Gasteiger partial charge in [-0.3, -0.25) is 4.79 Å². The molecule has 0 spiro atoms. The zero-order valence-corrected chi connectivity index (χ0v) is 16.6. The van der Waals surface area contributed by atoms with E-state index in [-0.39, 0.29) is 17.7 Å². The molecule has 1 unspecified atom stereocenters. The van der Waals surface area contributed by atoms with E-state index in [1.54, 1.807) is 0 Å². The van der Waals surface area contributed by atoms with Gasteiger partial charge in [-0.05, 0) is 43.4 Å². The second-order valence-electron chi connectivity index (χ2n) is 6.82. The Labute approximate surface area is 160 Å². The standard InChI is InChI=1S/C21H25N3OS/c1-14(2)10-19(17-8-6-5-7-9-17)24-20(25)13-26-21-18(12-22)15(3)11-16(4)23-21/h5-9,11,14,19H,10,13H2,1-4H3,(H,24,25). The van der Waals surface area contributed by atoms with Gasteiger partial charge < -0.3 is 5.32 Å². The zero-order valence-electron chi connectivity index (χ0n) is 15.7. The summed E-state index contributed by atoms with van der Waals surface area (Å²) in [6.45, 7) is 8.09. The first-order valence-corrected chi connectivity index (χ1v) is 9.74. The van der Waals surface area contributed by atoms with Crippen LogP contribution in [0.25, 0.3) is 0 Å². The van der Waals surface area contributed by atoms with Gasteiger partial charge in [-0.1, -0.05) is 55.9 Å². The smallest absolute Gasteiger partial charge is 0.230 e. The van der Waals surface area contributed by atoms with Crippen LogP contribution in [-0.4, -0.2) is 16.6 Å². The third kappa shape index (κ3) is 5.60. The van der Waals surface area contributed by atoms with E-state index in [2.05, 4.69) is 30.2 Å². The van der Waals surface area contributed by atoms with Crippen LogP contribution in [0.15, 0.2) is 41.4 Å². The number of carbonyl (C=O) groups excluding carboxylic acids is 1. The Kier molecular flexibility index (Phi) is 7.23. The topological polar surface area (TPSA) is 65.8 Å². The molecule has 2 aromatic rings. The van der Waals surface area contributed by atoms with Gasteiger partial charge in [-0.2, -0.15) is 5.26 Å². The van der Waals surface area contributed by atoms with Crippen LogP contribution in [0, 0.1) is 31.1 Å². The van der Waals surface area contributed by atoms with Crippen molar-refractivity contribution >= 4 is 17.7 Å². The summed E-state index contributed by atoms with van der Waals surface area (Å²) in [5, 5.41) is 13.1. The molecular formula is C21H25N3OS. The maximum atomic E-state index is 12.5. The van der Waals surface area contributed by atoms with Crippen LogP contribution in [0.2, 0.25) is 0 Å². The number of nitrogens with one attached hydrogen (secondary N) is 1. The quantitative estimate of drug-likeness (QED) is 0.728. The molecule has 0 aliphatic carbocycles. The Morgan fingerprint density at radius 2 is 1.96 bits per heavy atom. The largest absolute Gasteiger partial charge is 0.349 e. The van der Waals surface area contributed by atoms with E-state index in [9.17, 15) is 10.1 Å². The molecule has 1 atom stereocenters. The van der Waals surface area contributed by atoms with Gasteiger partial charge in [-0.25, -0.2) is 4.98 Å². The maximum absolute atomic E-state index is 12.5. The first-order valence-electron chi connectivity index (χ1n) is 8.76. The number of benzene rings is 1. The minimum atomic E-state index is -0.0469. The van der Waals surface area contributed by atoms with Crippen molar-refractivity contribution in [2.45, 2.75) is 45.2 Å². The molecule has 26 heavy (non-hydrogen) atoms. The predicted molar refractivity (Wildman–Crippen MR) is 106 cm³/mol. The summed E-state index contributed by atoms with van der Waals surface area (Å²) in [6.07, 6.45) is 0.881. The average molecular weight is 368 g/mol. The number of aryl methyl sites for hydroxylation is 2. The molecule has 0 aliphatic rings. The number of aromatic nitrogens is 1. The number of hydrogen-bond acceptors (Lipinski definition) is 4. The lowest BCUT2D eigenvalue weighted by molar-refractivity contribution is -0.119. The summed E-state index contributed by atoms with van der Waals surface area (Å²) < 4.78 is 0. The monoisotopic (exact) mass is 367 g/mol. The van der Waals surface area contributed by atoms with Crippen molar-refractivity contribution in [2.24, 2.45) is 5.92 Å². The van der Waals surface area contributed by atoms with Crippen molar-refractivity contribution in [3.63, 3.8) is 0 Å². The molecule has 1 heterocycles. The van der Waals surface area contributed by atoms with E-state index in [0.717, 1.165) is 23.2 Å². The highest BCUT2D eigenvalue weighted by atomic mass is 32.2. The summed E-state index contributed by atoms with van der Waals surface area (Å²) in [5.74, 6) is 0.667. The van der Waals surface area contributed by atoms with Crippen LogP contribution in [-0.2, 0) is 4.79 Å². The fraction of sp³-hybridized carbons (Fsp3) is 0.381. The SMILES string of the molecule is Cc1cc(C)c(C#N)c(SCC(=O)NC(CC(C)C)c2ccccc2)n1. The average Bonchev–Trinajstić information content (AvgIpc) is 2.59. The Balaban J connectivity index is 2.06. The fourth-order valence-electron chi connectivity index (χ4n) is 2.85. The summed E-state index contributed by atoms with van der Waals surface area (Å²) in [7, 11) is 0. The van der Waals surface area contributed by atoms with E-state index in [4.69, 9.17) is 0 Å². The second-order valence-corrected chi connectivity index (χ2v) is 7.79. The van der Waals surface area contributed by atoms with Crippen molar-refractivity contribution < 1.29 is 4.79 Å². The van der Waals surface area contributed by atoms with E-state index >= 15 is 0 Å². The number of nitrogens with zero attached hydrogens (tertiary/aromatic N) is 2. The second kappa shape index (κ2) is 9.40. The molecule has 2 rings (SSSR count). The predicted octanol–water partition coefficient (Wildman–Crippen LogP) is 4.57. The Bertz CT molecular complexity index is 797. The summed E-state index contributed by atoms with van der Waals surface area (Å²) >= 11 is 1.32. The highest BCUT2D eigenvalue weighted by Gasteiger charge is 2.17. The van der Waals surface area contributed by atoms with Gasteiger partial charge in [0.15, 0.2) is 0 Å². The van der Waals surface area contributed by atoms with Crippen LogP contribution in [0.1, 0.15) is 48.7 Å². The van der Waals surface area contributed by atoms with Crippen LogP contribution >= 0.6 is 11.8 Å². The Morgan fingerprint density at radius 3 is 2.58 bits per heavy atom. The number of rotatable bonds is 7. The van der Waals surface area contributed by atoms with Crippen molar-refractivity contribution in [1.82, 2.24) is 10.3 Å². The molecule has 0 bridgehead atoms. The number of nitriles is 1. The maximum Gasteiger partial charge on any atom is 0.230 e. The molecule has 136 valence electrons. The minimum absolute atomic E-state index is 0.00746. The molecule has 0 saturated heterocycles. The molecule has 0 saturated carbocycles. The van der Waals surface area contributed by atoms with Gasteiger partial charge >= 0.3 is 0 Å². The molecule has 0 aliphatic heterocycles. The minimum Gasteiger partial charge on any atom is -0.349 e. The Hall–Kier alpha value is -2.32. The lowest BCUT2D eigenvalue weighted by atomic mass is 9.97. The number of amides is 1. The van der Waals surface area contributed by atoms with Gasteiger partial charge in [0, 0.05) is 5.69 Å². The molecule has 0 radical (unpaired) electrons. The number of hydrogen-bond donors (Lipinski definition) is 1. The Morgan fingerprint density at radius 1 is 1.27 bits per heavy atom. The van der Waals surface area contributed by atoms with Crippen molar-refractivity contribution in [1.29, 1.82) is 5.26 Å². The van der Waals surface area contributed by atoms with E-state index in [1.165, 1.54) is 11.8 Å². The lowest BCUT2D eigenvalue weighted by Gasteiger charge is -2.21. The van der Waals surface area contributed by atoms with Gasteiger partial charge in [0.1, 0.15) is 11.1 Å². The van der Waals surface area contributed by atoms with E-state index < -0.39 is 0 Å². The molecule has 1 N–H and O–H groups in total. The van der Waals surface area contributed by atoms with Crippen molar-refractivity contribution in [2.75, 3.05) is 5.75 Å². The molecule has 0 fully saturated rings. The molecule has 5 heteroatoms. The highest BCUT2D eigenvalue weighted by molar-refractivity contribution is 8.00. The zero-order chi connectivity index (χ0) is 19.1. The third-order valence-electron chi connectivity index (χ3n) is 4.01. The van der Waals surface area contributed by atoms with Gasteiger partial charge in [0.05, 0.1) is 17.4 Å². The molecule has 1 amide bonds. The van der Waals surface area contributed by atoms with Gasteiger partial charge in [0.25, 0.3) is 0 Å². The van der Waals surface area contributed by atoms with Crippen LogP contribution in [0.3, 0.4) is 0 Å².